The van der Waals surface area contributed by atoms with Crippen LogP contribution in [0.25, 0.3) is 0 Å². The van der Waals surface area contributed by atoms with Crippen LogP contribution in [0.15, 0.2) is 24.3 Å². The van der Waals surface area contributed by atoms with Crippen molar-refractivity contribution >= 4 is 11.6 Å². The smallest absolute Gasteiger partial charge is 0.119 e. The van der Waals surface area contributed by atoms with Crippen LogP contribution in [0.2, 0.25) is 5.02 Å². The zero-order chi connectivity index (χ0) is 13.7. The first-order valence-electron chi connectivity index (χ1n) is 7.32. The molecule has 0 saturated heterocycles. The van der Waals surface area contributed by atoms with Gasteiger partial charge in [0, 0.05) is 11.1 Å². The van der Waals surface area contributed by atoms with E-state index in [9.17, 15) is 0 Å². The van der Waals surface area contributed by atoms with Crippen LogP contribution in [0.1, 0.15) is 39.0 Å². The zero-order valence-electron chi connectivity index (χ0n) is 11.9. The Bertz CT molecular complexity index is 379. The minimum Gasteiger partial charge on any atom is -0.489 e. The number of benzene rings is 1. The SMILES string of the molecule is CCCC1CCC(NC)C(Oc2ccc(Cl)cc2)C1. The van der Waals surface area contributed by atoms with E-state index < -0.39 is 0 Å². The number of halogens is 1. The second-order valence-corrected chi connectivity index (χ2v) is 5.91. The Morgan fingerprint density at radius 2 is 2.00 bits per heavy atom. The highest BCUT2D eigenvalue weighted by atomic mass is 35.5. The molecule has 0 heterocycles. The Kier molecular flexibility index (Phi) is 5.53. The van der Waals surface area contributed by atoms with E-state index in [1.54, 1.807) is 0 Å². The minimum absolute atomic E-state index is 0.275. The Hall–Kier alpha value is -0.730. The topological polar surface area (TPSA) is 21.3 Å². The van der Waals surface area contributed by atoms with Gasteiger partial charge in [0.25, 0.3) is 0 Å². The molecule has 2 nitrogen and oxygen atoms in total. The molecule has 1 aliphatic carbocycles. The summed E-state index contributed by atoms with van der Waals surface area (Å²) in [5.41, 5.74) is 0. The van der Waals surface area contributed by atoms with E-state index in [2.05, 4.69) is 12.2 Å². The molecule has 0 aromatic heterocycles. The number of hydrogen-bond acceptors (Lipinski definition) is 2. The van der Waals surface area contributed by atoms with E-state index >= 15 is 0 Å². The maximum atomic E-state index is 6.17. The minimum atomic E-state index is 0.275. The maximum absolute atomic E-state index is 6.17. The van der Waals surface area contributed by atoms with Crippen molar-refractivity contribution in [2.45, 2.75) is 51.2 Å². The molecule has 19 heavy (non-hydrogen) atoms. The molecule has 106 valence electrons. The molecular weight excluding hydrogens is 258 g/mol. The highest BCUT2D eigenvalue weighted by Crippen LogP contribution is 2.31. The summed E-state index contributed by atoms with van der Waals surface area (Å²) in [5, 5.41) is 4.15. The van der Waals surface area contributed by atoms with E-state index in [1.165, 1.54) is 25.7 Å². The molecule has 0 radical (unpaired) electrons. The zero-order valence-corrected chi connectivity index (χ0v) is 12.6. The number of rotatable bonds is 5. The standard InChI is InChI=1S/C16H24ClNO/c1-3-4-12-5-10-15(18-2)16(11-12)19-14-8-6-13(17)7-9-14/h6-9,12,15-16,18H,3-5,10-11H2,1-2H3. The fourth-order valence-electron chi connectivity index (χ4n) is 3.03. The van der Waals surface area contributed by atoms with Crippen LogP contribution < -0.4 is 10.1 Å². The Balaban J connectivity index is 1.99. The van der Waals surface area contributed by atoms with Gasteiger partial charge >= 0.3 is 0 Å². The number of nitrogens with one attached hydrogen (secondary N) is 1. The van der Waals surface area contributed by atoms with Gasteiger partial charge in [-0.3, -0.25) is 0 Å². The number of likely N-dealkylation sites (N-methyl/N-ethyl adjacent to an activating group) is 1. The molecule has 1 saturated carbocycles. The van der Waals surface area contributed by atoms with Crippen molar-refractivity contribution in [3.63, 3.8) is 0 Å². The average molecular weight is 282 g/mol. The summed E-state index contributed by atoms with van der Waals surface area (Å²) in [4.78, 5) is 0. The van der Waals surface area contributed by atoms with Crippen molar-refractivity contribution in [3.8, 4) is 5.75 Å². The summed E-state index contributed by atoms with van der Waals surface area (Å²) in [5.74, 6) is 1.73. The third kappa shape index (κ3) is 4.12. The molecule has 1 N–H and O–H groups in total. The molecule has 0 aliphatic heterocycles. The monoisotopic (exact) mass is 281 g/mol. The van der Waals surface area contributed by atoms with Crippen LogP contribution >= 0.6 is 11.6 Å². The Labute approximate surface area is 121 Å². The third-order valence-corrected chi connectivity index (χ3v) is 4.32. The van der Waals surface area contributed by atoms with Crippen LogP contribution in [0, 0.1) is 5.92 Å². The van der Waals surface area contributed by atoms with Gasteiger partial charge in [0.15, 0.2) is 0 Å². The van der Waals surface area contributed by atoms with Crippen LogP contribution in [0.3, 0.4) is 0 Å². The molecule has 1 aromatic carbocycles. The summed E-state index contributed by atoms with van der Waals surface area (Å²) in [6.45, 7) is 2.26. The lowest BCUT2D eigenvalue weighted by Crippen LogP contribution is -2.45. The summed E-state index contributed by atoms with van der Waals surface area (Å²) in [7, 11) is 2.03. The largest absolute Gasteiger partial charge is 0.489 e. The number of ether oxygens (including phenoxy) is 1. The van der Waals surface area contributed by atoms with Gasteiger partial charge in [0.05, 0.1) is 0 Å². The van der Waals surface area contributed by atoms with Gasteiger partial charge in [-0.05, 0) is 56.5 Å². The van der Waals surface area contributed by atoms with Crippen LogP contribution in [-0.2, 0) is 0 Å². The maximum Gasteiger partial charge on any atom is 0.119 e. The van der Waals surface area contributed by atoms with Crippen molar-refractivity contribution < 1.29 is 4.74 Å². The molecule has 0 amide bonds. The Morgan fingerprint density at radius 1 is 1.26 bits per heavy atom. The van der Waals surface area contributed by atoms with Gasteiger partial charge in [0.1, 0.15) is 11.9 Å². The molecule has 0 spiro atoms. The fourth-order valence-corrected chi connectivity index (χ4v) is 3.16. The highest BCUT2D eigenvalue weighted by Gasteiger charge is 2.30. The van der Waals surface area contributed by atoms with Crippen molar-refractivity contribution in [2.75, 3.05) is 7.05 Å². The summed E-state index contributed by atoms with van der Waals surface area (Å²) < 4.78 is 6.17. The average Bonchev–Trinajstić information content (AvgIpc) is 2.42. The van der Waals surface area contributed by atoms with Gasteiger partial charge in [-0.25, -0.2) is 0 Å². The Morgan fingerprint density at radius 3 is 2.63 bits per heavy atom. The van der Waals surface area contributed by atoms with E-state index in [1.807, 2.05) is 31.3 Å². The summed E-state index contributed by atoms with van der Waals surface area (Å²) in [6, 6.07) is 8.15. The van der Waals surface area contributed by atoms with Crippen molar-refractivity contribution in [1.82, 2.24) is 5.32 Å². The lowest BCUT2D eigenvalue weighted by atomic mass is 9.81. The normalized spacial score (nSPS) is 27.2. The van der Waals surface area contributed by atoms with Gasteiger partial charge in [0.2, 0.25) is 0 Å². The predicted octanol–water partition coefficient (Wildman–Crippen LogP) is 4.28. The highest BCUT2D eigenvalue weighted by molar-refractivity contribution is 6.30. The first-order valence-corrected chi connectivity index (χ1v) is 7.70. The molecular formula is C16H24ClNO. The molecule has 3 heteroatoms. The first-order chi connectivity index (χ1) is 9.22. The lowest BCUT2D eigenvalue weighted by Gasteiger charge is -2.36. The van der Waals surface area contributed by atoms with Gasteiger partial charge in [-0.15, -0.1) is 0 Å². The lowest BCUT2D eigenvalue weighted by molar-refractivity contribution is 0.0866. The molecule has 0 bridgehead atoms. The van der Waals surface area contributed by atoms with E-state index in [-0.39, 0.29) is 6.10 Å². The molecule has 2 rings (SSSR count). The van der Waals surface area contributed by atoms with Crippen molar-refractivity contribution in [3.05, 3.63) is 29.3 Å². The third-order valence-electron chi connectivity index (χ3n) is 4.07. The van der Waals surface area contributed by atoms with Crippen molar-refractivity contribution in [1.29, 1.82) is 0 Å². The molecule has 1 aliphatic rings. The quantitative estimate of drug-likeness (QED) is 0.870. The summed E-state index contributed by atoms with van der Waals surface area (Å²) >= 11 is 5.91. The van der Waals surface area contributed by atoms with E-state index in [4.69, 9.17) is 16.3 Å². The first kappa shape index (κ1) is 14.7. The molecule has 1 aromatic rings. The molecule has 1 fully saturated rings. The predicted molar refractivity (Wildman–Crippen MR) is 81.0 cm³/mol. The molecule has 3 atom stereocenters. The van der Waals surface area contributed by atoms with Crippen molar-refractivity contribution in [2.24, 2.45) is 5.92 Å². The van der Waals surface area contributed by atoms with Gasteiger partial charge in [-0.1, -0.05) is 31.4 Å². The van der Waals surface area contributed by atoms with Crippen LogP contribution in [0.5, 0.6) is 5.75 Å². The number of hydrogen-bond donors (Lipinski definition) is 1. The summed E-state index contributed by atoms with van der Waals surface area (Å²) in [6.07, 6.45) is 6.54. The van der Waals surface area contributed by atoms with Gasteiger partial charge in [-0.2, -0.15) is 0 Å². The fraction of sp³-hybridized carbons (Fsp3) is 0.625. The second-order valence-electron chi connectivity index (χ2n) is 5.47. The van der Waals surface area contributed by atoms with E-state index in [0.29, 0.717) is 6.04 Å². The second kappa shape index (κ2) is 7.16. The van der Waals surface area contributed by atoms with Gasteiger partial charge < -0.3 is 10.1 Å². The van der Waals surface area contributed by atoms with Crippen LogP contribution in [-0.4, -0.2) is 19.2 Å². The van der Waals surface area contributed by atoms with E-state index in [0.717, 1.165) is 23.1 Å². The van der Waals surface area contributed by atoms with Crippen LogP contribution in [0.4, 0.5) is 0 Å². The molecule has 3 unspecified atom stereocenters.